The zero-order chi connectivity index (χ0) is 15.8. The molecule has 4 nitrogen and oxygen atoms in total. The van der Waals surface area contributed by atoms with Crippen LogP contribution in [0.1, 0.15) is 34.2 Å². The number of benzene rings is 2. The van der Waals surface area contributed by atoms with Crippen molar-refractivity contribution >= 4 is 16.9 Å². The van der Waals surface area contributed by atoms with Crippen LogP contribution >= 0.6 is 0 Å². The van der Waals surface area contributed by atoms with Crippen molar-refractivity contribution in [3.63, 3.8) is 0 Å². The number of H-pyrrole nitrogens is 1. The van der Waals surface area contributed by atoms with E-state index >= 15 is 0 Å². The van der Waals surface area contributed by atoms with Gasteiger partial charge in [-0.1, -0.05) is 31.2 Å². The maximum absolute atomic E-state index is 12.8. The zero-order valence-electron chi connectivity index (χ0n) is 13.2. The monoisotopic (exact) mass is 305 g/mol. The minimum absolute atomic E-state index is 0.0917. The highest BCUT2D eigenvalue weighted by Crippen LogP contribution is 2.21. The summed E-state index contributed by atoms with van der Waals surface area (Å²) in [6.07, 6.45) is 1.79. The highest BCUT2D eigenvalue weighted by Gasteiger charge is 2.21. The summed E-state index contributed by atoms with van der Waals surface area (Å²) in [4.78, 5) is 22.5. The Bertz CT molecular complexity index is 881. The van der Waals surface area contributed by atoms with Crippen molar-refractivity contribution < 1.29 is 4.79 Å². The molecule has 0 spiro atoms. The number of carbonyl (C=O) groups is 1. The Balaban J connectivity index is 1.62. The Morgan fingerprint density at radius 2 is 2.04 bits per heavy atom. The molecule has 2 heterocycles. The maximum Gasteiger partial charge on any atom is 0.254 e. The molecule has 1 aliphatic rings. The molecule has 3 aromatic rings. The molecule has 0 aliphatic carbocycles. The quantitative estimate of drug-likeness (QED) is 0.789. The van der Waals surface area contributed by atoms with E-state index in [0.717, 1.165) is 41.8 Å². The lowest BCUT2D eigenvalue weighted by molar-refractivity contribution is 0.0735. The number of fused-ring (bicyclic) bond motifs is 2. The molecule has 116 valence electrons. The van der Waals surface area contributed by atoms with Gasteiger partial charge in [-0.3, -0.25) is 4.79 Å². The van der Waals surface area contributed by atoms with E-state index in [2.05, 4.69) is 35.1 Å². The van der Waals surface area contributed by atoms with Crippen LogP contribution in [0.2, 0.25) is 0 Å². The highest BCUT2D eigenvalue weighted by atomic mass is 16.2. The summed E-state index contributed by atoms with van der Waals surface area (Å²) in [6, 6.07) is 14.1. The van der Waals surface area contributed by atoms with Crippen LogP contribution in [-0.2, 0) is 19.4 Å². The topological polar surface area (TPSA) is 49.0 Å². The van der Waals surface area contributed by atoms with Crippen LogP contribution in [0.15, 0.2) is 42.5 Å². The van der Waals surface area contributed by atoms with Crippen molar-refractivity contribution in [2.24, 2.45) is 0 Å². The van der Waals surface area contributed by atoms with Crippen LogP contribution in [0.5, 0.6) is 0 Å². The molecule has 0 bridgehead atoms. The van der Waals surface area contributed by atoms with Gasteiger partial charge in [0.25, 0.3) is 5.91 Å². The lowest BCUT2D eigenvalue weighted by Gasteiger charge is -2.29. The summed E-state index contributed by atoms with van der Waals surface area (Å²) in [6.45, 7) is 3.53. The molecule has 1 N–H and O–H groups in total. The molecule has 0 radical (unpaired) electrons. The van der Waals surface area contributed by atoms with Gasteiger partial charge in [-0.2, -0.15) is 0 Å². The van der Waals surface area contributed by atoms with Gasteiger partial charge in [0, 0.05) is 25.1 Å². The molecule has 0 unspecified atom stereocenters. The number of aromatic nitrogens is 2. The molecule has 1 amide bonds. The van der Waals surface area contributed by atoms with Crippen molar-refractivity contribution in [2.45, 2.75) is 26.3 Å². The van der Waals surface area contributed by atoms with Crippen LogP contribution in [0.25, 0.3) is 11.0 Å². The molecule has 1 aromatic heterocycles. The summed E-state index contributed by atoms with van der Waals surface area (Å²) in [5.74, 6) is 1.05. The van der Waals surface area contributed by atoms with Gasteiger partial charge in [-0.05, 0) is 35.7 Å². The number of hydrogen-bond acceptors (Lipinski definition) is 2. The number of rotatable bonds is 2. The summed E-state index contributed by atoms with van der Waals surface area (Å²) < 4.78 is 0. The Morgan fingerprint density at radius 3 is 2.87 bits per heavy atom. The van der Waals surface area contributed by atoms with Crippen LogP contribution < -0.4 is 0 Å². The minimum atomic E-state index is 0.0917. The van der Waals surface area contributed by atoms with Crippen molar-refractivity contribution in [2.75, 3.05) is 6.54 Å². The van der Waals surface area contributed by atoms with Gasteiger partial charge >= 0.3 is 0 Å². The molecule has 0 fully saturated rings. The summed E-state index contributed by atoms with van der Waals surface area (Å²) >= 11 is 0. The van der Waals surface area contributed by atoms with Crippen LogP contribution in [-0.4, -0.2) is 27.3 Å². The first-order chi connectivity index (χ1) is 11.2. The number of nitrogens with zero attached hydrogens (tertiary/aromatic N) is 2. The Morgan fingerprint density at radius 1 is 1.22 bits per heavy atom. The average Bonchev–Trinajstić information content (AvgIpc) is 3.03. The molecule has 4 rings (SSSR count). The van der Waals surface area contributed by atoms with Crippen molar-refractivity contribution in [1.82, 2.24) is 14.9 Å². The fourth-order valence-electron chi connectivity index (χ4n) is 3.21. The second-order valence-corrected chi connectivity index (χ2v) is 6.01. The van der Waals surface area contributed by atoms with Crippen LogP contribution in [0, 0.1) is 0 Å². The number of imidazole rings is 1. The summed E-state index contributed by atoms with van der Waals surface area (Å²) in [5, 5.41) is 0. The molecule has 4 heteroatoms. The number of hydrogen-bond donors (Lipinski definition) is 1. The number of aromatic amines is 1. The third-order valence-electron chi connectivity index (χ3n) is 4.53. The SMILES string of the molecule is CCc1nc2ccc(C(=O)N3CCc4ccccc4C3)cc2[nH]1. The van der Waals surface area contributed by atoms with E-state index in [4.69, 9.17) is 0 Å². The summed E-state index contributed by atoms with van der Waals surface area (Å²) in [7, 11) is 0. The van der Waals surface area contributed by atoms with Gasteiger partial charge < -0.3 is 9.88 Å². The molecule has 0 atom stereocenters. The molecule has 23 heavy (non-hydrogen) atoms. The van der Waals surface area contributed by atoms with Crippen molar-refractivity contribution in [1.29, 1.82) is 0 Å². The molecular weight excluding hydrogens is 286 g/mol. The van der Waals surface area contributed by atoms with Gasteiger partial charge in [-0.25, -0.2) is 4.98 Å². The average molecular weight is 305 g/mol. The molecule has 0 saturated carbocycles. The number of nitrogens with one attached hydrogen (secondary N) is 1. The largest absolute Gasteiger partial charge is 0.342 e. The van der Waals surface area contributed by atoms with Crippen molar-refractivity contribution in [3.8, 4) is 0 Å². The minimum Gasteiger partial charge on any atom is -0.342 e. The van der Waals surface area contributed by atoms with E-state index in [1.165, 1.54) is 11.1 Å². The van der Waals surface area contributed by atoms with Crippen LogP contribution in [0.3, 0.4) is 0 Å². The normalized spacial score (nSPS) is 14.0. The number of aryl methyl sites for hydroxylation is 1. The predicted molar refractivity (Wildman–Crippen MR) is 90.4 cm³/mol. The fraction of sp³-hybridized carbons (Fsp3) is 0.263. The second kappa shape index (κ2) is 5.54. The maximum atomic E-state index is 12.8. The first kappa shape index (κ1) is 14.0. The van der Waals surface area contributed by atoms with Crippen molar-refractivity contribution in [3.05, 3.63) is 65.0 Å². The molecular formula is C19H19N3O. The lowest BCUT2D eigenvalue weighted by Crippen LogP contribution is -2.35. The van der Waals surface area contributed by atoms with E-state index in [1.807, 2.05) is 29.2 Å². The Labute approximate surface area is 135 Å². The standard InChI is InChI=1S/C19H19N3O/c1-2-18-20-16-8-7-14(11-17(16)21-18)19(23)22-10-9-13-5-3-4-6-15(13)12-22/h3-8,11H,2,9-10,12H2,1H3,(H,20,21). The highest BCUT2D eigenvalue weighted by molar-refractivity contribution is 5.97. The smallest absolute Gasteiger partial charge is 0.254 e. The predicted octanol–water partition coefficient (Wildman–Crippen LogP) is 3.32. The lowest BCUT2D eigenvalue weighted by atomic mass is 9.99. The van der Waals surface area contributed by atoms with E-state index in [-0.39, 0.29) is 5.91 Å². The third kappa shape index (κ3) is 2.50. The number of amides is 1. The Kier molecular flexibility index (Phi) is 3.37. The van der Waals surface area contributed by atoms with Gasteiger partial charge in [0.2, 0.25) is 0 Å². The van der Waals surface area contributed by atoms with E-state index in [0.29, 0.717) is 6.54 Å². The fourth-order valence-corrected chi connectivity index (χ4v) is 3.21. The van der Waals surface area contributed by atoms with E-state index < -0.39 is 0 Å². The molecule has 1 aliphatic heterocycles. The number of carbonyl (C=O) groups excluding carboxylic acids is 1. The Hall–Kier alpha value is -2.62. The summed E-state index contributed by atoms with van der Waals surface area (Å²) in [5.41, 5.74) is 5.19. The third-order valence-corrected chi connectivity index (χ3v) is 4.53. The molecule has 0 saturated heterocycles. The molecule has 2 aromatic carbocycles. The van der Waals surface area contributed by atoms with Gasteiger partial charge in [-0.15, -0.1) is 0 Å². The first-order valence-corrected chi connectivity index (χ1v) is 8.09. The first-order valence-electron chi connectivity index (χ1n) is 8.09. The second-order valence-electron chi connectivity index (χ2n) is 6.01. The van der Waals surface area contributed by atoms with E-state index in [9.17, 15) is 4.79 Å². The van der Waals surface area contributed by atoms with Crippen LogP contribution in [0.4, 0.5) is 0 Å². The zero-order valence-corrected chi connectivity index (χ0v) is 13.2. The van der Waals surface area contributed by atoms with Gasteiger partial charge in [0.05, 0.1) is 11.0 Å². The van der Waals surface area contributed by atoms with Gasteiger partial charge in [0.15, 0.2) is 0 Å². The van der Waals surface area contributed by atoms with Gasteiger partial charge in [0.1, 0.15) is 5.82 Å². The van der Waals surface area contributed by atoms with E-state index in [1.54, 1.807) is 0 Å².